The van der Waals surface area contributed by atoms with Crippen molar-refractivity contribution in [3.8, 4) is 5.69 Å². The van der Waals surface area contributed by atoms with Crippen LogP contribution in [0.3, 0.4) is 0 Å². The Kier molecular flexibility index (Phi) is 5.31. The Hall–Kier alpha value is -3.17. The summed E-state index contributed by atoms with van der Waals surface area (Å²) in [7, 11) is 2.00. The number of aryl methyl sites for hydroxylation is 1. The second-order valence-corrected chi connectivity index (χ2v) is 7.32. The number of hydrogen-bond acceptors (Lipinski definition) is 7. The van der Waals surface area contributed by atoms with E-state index in [9.17, 15) is 4.79 Å². The summed E-state index contributed by atoms with van der Waals surface area (Å²) >= 11 is 6.11. The maximum Gasteiger partial charge on any atom is 0.278 e. The van der Waals surface area contributed by atoms with E-state index < -0.39 is 5.91 Å². The van der Waals surface area contributed by atoms with Crippen molar-refractivity contribution in [2.75, 3.05) is 23.9 Å². The lowest BCUT2D eigenvalue weighted by Gasteiger charge is -2.34. The Morgan fingerprint density at radius 3 is 2.90 bits per heavy atom. The lowest BCUT2D eigenvalue weighted by atomic mass is 10.1. The number of hydroxylamine groups is 1. The number of benzene rings is 1. The zero-order valence-electron chi connectivity index (χ0n) is 17.1. The molecule has 1 unspecified atom stereocenters. The first kappa shape index (κ1) is 20.1. The van der Waals surface area contributed by atoms with Crippen molar-refractivity contribution >= 4 is 34.6 Å². The Labute approximate surface area is 179 Å². The molecule has 156 valence electrons. The van der Waals surface area contributed by atoms with Gasteiger partial charge in [-0.2, -0.15) is 5.10 Å². The lowest BCUT2D eigenvalue weighted by molar-refractivity contribution is 0.0365. The number of rotatable bonds is 5. The topological polar surface area (TPSA) is 97.2 Å². The SMILES string of the molecule is CCONC(=O)c1cnc(Cl)cc1Nc1cccc2c1N(C)C(C)c1nc(C)nn1-2. The highest BCUT2D eigenvalue weighted by atomic mass is 35.5. The van der Waals surface area contributed by atoms with E-state index in [-0.39, 0.29) is 11.2 Å². The van der Waals surface area contributed by atoms with Crippen molar-refractivity contribution in [3.05, 3.63) is 52.8 Å². The fraction of sp³-hybridized carbons (Fsp3) is 0.300. The van der Waals surface area contributed by atoms with E-state index in [4.69, 9.17) is 16.4 Å². The highest BCUT2D eigenvalue weighted by Gasteiger charge is 2.30. The van der Waals surface area contributed by atoms with E-state index in [1.54, 1.807) is 13.0 Å². The molecule has 1 aliphatic heterocycles. The maximum absolute atomic E-state index is 12.5. The van der Waals surface area contributed by atoms with Crippen LogP contribution in [0.2, 0.25) is 5.15 Å². The largest absolute Gasteiger partial charge is 0.361 e. The first-order valence-electron chi connectivity index (χ1n) is 9.55. The number of nitrogens with zero attached hydrogens (tertiary/aromatic N) is 5. The van der Waals surface area contributed by atoms with Crippen LogP contribution in [0.5, 0.6) is 0 Å². The van der Waals surface area contributed by atoms with E-state index in [2.05, 4.69) is 37.7 Å². The molecule has 0 saturated heterocycles. The first-order chi connectivity index (χ1) is 14.4. The van der Waals surface area contributed by atoms with Gasteiger partial charge in [0.15, 0.2) is 5.82 Å². The standard InChI is InChI=1S/C20H22ClN7O2/c1-5-30-26-20(29)13-10-22-17(21)9-15(13)24-14-7-6-8-16-18(14)27(4)11(2)19-23-12(3)25-28(16)19/h6-11H,5H2,1-4H3,(H,22,24)(H,26,29). The van der Waals surface area contributed by atoms with Gasteiger partial charge in [-0.25, -0.2) is 20.1 Å². The molecule has 30 heavy (non-hydrogen) atoms. The summed E-state index contributed by atoms with van der Waals surface area (Å²) in [4.78, 5) is 28.3. The predicted molar refractivity (Wildman–Crippen MR) is 115 cm³/mol. The van der Waals surface area contributed by atoms with Crippen LogP contribution < -0.4 is 15.7 Å². The molecule has 0 aliphatic carbocycles. The Morgan fingerprint density at radius 2 is 2.13 bits per heavy atom. The van der Waals surface area contributed by atoms with Gasteiger partial charge >= 0.3 is 0 Å². The number of fused-ring (bicyclic) bond motifs is 3. The molecule has 0 radical (unpaired) electrons. The minimum Gasteiger partial charge on any atom is -0.361 e. The van der Waals surface area contributed by atoms with E-state index in [0.717, 1.165) is 22.9 Å². The van der Waals surface area contributed by atoms with Crippen LogP contribution in [0.1, 0.15) is 41.9 Å². The summed E-state index contributed by atoms with van der Waals surface area (Å²) in [6.45, 7) is 6.09. The number of carbonyl (C=O) groups excluding carboxylic acids is 1. The van der Waals surface area contributed by atoms with Gasteiger partial charge in [-0.1, -0.05) is 17.7 Å². The number of para-hydroxylation sites is 1. The zero-order valence-corrected chi connectivity index (χ0v) is 17.9. The van der Waals surface area contributed by atoms with Gasteiger partial charge in [-0.05, 0) is 39.0 Å². The number of aromatic nitrogens is 4. The van der Waals surface area contributed by atoms with Crippen molar-refractivity contribution in [3.63, 3.8) is 0 Å². The normalized spacial score (nSPS) is 14.8. The van der Waals surface area contributed by atoms with Crippen LogP contribution in [0.25, 0.3) is 5.69 Å². The molecule has 9 nitrogen and oxygen atoms in total. The molecule has 1 amide bonds. The van der Waals surface area contributed by atoms with Gasteiger partial charge in [0.1, 0.15) is 11.0 Å². The Morgan fingerprint density at radius 1 is 1.33 bits per heavy atom. The summed E-state index contributed by atoms with van der Waals surface area (Å²) in [5.74, 6) is 1.18. The molecule has 3 heterocycles. The summed E-state index contributed by atoms with van der Waals surface area (Å²) in [6, 6.07) is 7.48. The van der Waals surface area contributed by atoms with Crippen molar-refractivity contribution in [2.24, 2.45) is 0 Å². The highest BCUT2D eigenvalue weighted by molar-refractivity contribution is 6.29. The molecule has 4 rings (SSSR count). The third-order valence-electron chi connectivity index (χ3n) is 4.98. The van der Waals surface area contributed by atoms with Gasteiger partial charge in [0.05, 0.1) is 41.0 Å². The van der Waals surface area contributed by atoms with Gasteiger partial charge in [0.2, 0.25) is 0 Å². The number of amides is 1. The molecular formula is C20H22ClN7O2. The van der Waals surface area contributed by atoms with Crippen molar-refractivity contribution in [1.82, 2.24) is 25.2 Å². The summed E-state index contributed by atoms with van der Waals surface area (Å²) < 4.78 is 1.86. The van der Waals surface area contributed by atoms with Gasteiger partial charge in [0, 0.05) is 13.2 Å². The molecule has 0 saturated carbocycles. The molecule has 0 bridgehead atoms. The van der Waals surface area contributed by atoms with Crippen LogP contribution >= 0.6 is 11.6 Å². The number of pyridine rings is 1. The van der Waals surface area contributed by atoms with Gasteiger partial charge < -0.3 is 10.2 Å². The number of carbonyl (C=O) groups is 1. The molecule has 3 aromatic rings. The van der Waals surface area contributed by atoms with E-state index in [0.29, 0.717) is 23.7 Å². The molecular weight excluding hydrogens is 406 g/mol. The second kappa shape index (κ2) is 7.92. The van der Waals surface area contributed by atoms with Crippen LogP contribution in [0, 0.1) is 6.92 Å². The lowest BCUT2D eigenvalue weighted by Crippen LogP contribution is -2.31. The third-order valence-corrected chi connectivity index (χ3v) is 5.19. The average Bonchev–Trinajstić information content (AvgIpc) is 3.12. The van der Waals surface area contributed by atoms with Gasteiger partial charge in [-0.3, -0.25) is 9.63 Å². The monoisotopic (exact) mass is 427 g/mol. The minimum absolute atomic E-state index is 0.0170. The minimum atomic E-state index is -0.413. The van der Waals surface area contributed by atoms with Crippen molar-refractivity contribution in [2.45, 2.75) is 26.8 Å². The predicted octanol–water partition coefficient (Wildman–Crippen LogP) is 3.56. The summed E-state index contributed by atoms with van der Waals surface area (Å²) in [5.41, 5.74) is 5.86. The Balaban J connectivity index is 1.79. The van der Waals surface area contributed by atoms with Crippen LogP contribution in [-0.4, -0.2) is 39.3 Å². The van der Waals surface area contributed by atoms with E-state index >= 15 is 0 Å². The second-order valence-electron chi connectivity index (χ2n) is 6.93. The molecule has 10 heteroatoms. The number of halogens is 1. The van der Waals surface area contributed by atoms with E-state index in [1.165, 1.54) is 6.20 Å². The van der Waals surface area contributed by atoms with Crippen molar-refractivity contribution < 1.29 is 9.63 Å². The average molecular weight is 428 g/mol. The molecule has 1 aromatic carbocycles. The number of anilines is 3. The summed E-state index contributed by atoms with van der Waals surface area (Å²) in [6.07, 6.45) is 1.42. The summed E-state index contributed by atoms with van der Waals surface area (Å²) in [5, 5.41) is 8.17. The highest BCUT2D eigenvalue weighted by Crippen LogP contribution is 2.42. The first-order valence-corrected chi connectivity index (χ1v) is 9.93. The Bertz CT molecular complexity index is 1110. The van der Waals surface area contributed by atoms with Gasteiger partial charge in [-0.15, -0.1) is 0 Å². The number of nitrogens with one attached hydrogen (secondary N) is 2. The fourth-order valence-electron chi connectivity index (χ4n) is 3.47. The van der Waals surface area contributed by atoms with Gasteiger partial charge in [0.25, 0.3) is 5.91 Å². The zero-order chi connectivity index (χ0) is 21.4. The fourth-order valence-corrected chi connectivity index (χ4v) is 3.63. The van der Waals surface area contributed by atoms with Crippen LogP contribution in [-0.2, 0) is 4.84 Å². The number of hydrogen-bond donors (Lipinski definition) is 2. The smallest absolute Gasteiger partial charge is 0.278 e. The van der Waals surface area contributed by atoms with Crippen molar-refractivity contribution in [1.29, 1.82) is 0 Å². The van der Waals surface area contributed by atoms with Crippen LogP contribution in [0.4, 0.5) is 17.1 Å². The van der Waals surface area contributed by atoms with E-state index in [1.807, 2.05) is 36.9 Å². The molecule has 0 fully saturated rings. The molecule has 2 aromatic heterocycles. The quantitative estimate of drug-likeness (QED) is 0.474. The van der Waals surface area contributed by atoms with Crippen LogP contribution in [0.15, 0.2) is 30.5 Å². The molecule has 1 atom stereocenters. The molecule has 2 N–H and O–H groups in total. The maximum atomic E-state index is 12.5. The molecule has 1 aliphatic rings. The molecule has 0 spiro atoms. The third kappa shape index (κ3) is 3.46.